The number of amides is 2. The fourth-order valence-corrected chi connectivity index (χ4v) is 3.86. The molecule has 2 N–H and O–H groups in total. The Morgan fingerprint density at radius 3 is 2.04 bits per heavy atom. The van der Waals surface area contributed by atoms with E-state index in [1.807, 2.05) is 0 Å². The maximum Gasteiger partial charge on any atom is 0.243 e. The maximum atomic E-state index is 12.6. The highest BCUT2D eigenvalue weighted by atomic mass is 35.5. The van der Waals surface area contributed by atoms with E-state index in [1.54, 1.807) is 0 Å². The second-order valence-corrected chi connectivity index (χ2v) is 8.59. The van der Waals surface area contributed by atoms with Crippen LogP contribution in [0.3, 0.4) is 0 Å². The molecule has 0 saturated heterocycles. The molecule has 0 fully saturated rings. The zero-order chi connectivity index (χ0) is 20.2. The van der Waals surface area contributed by atoms with Crippen LogP contribution in [0.5, 0.6) is 0 Å². The molecule has 2 aromatic rings. The van der Waals surface area contributed by atoms with Gasteiger partial charge >= 0.3 is 0 Å². The molecule has 0 spiro atoms. The van der Waals surface area contributed by atoms with Gasteiger partial charge in [0.05, 0.1) is 11.4 Å². The Kier molecular flexibility index (Phi) is 6.83. The van der Waals surface area contributed by atoms with Crippen LogP contribution in [0.2, 0.25) is 10.0 Å². The molecule has 0 aromatic heterocycles. The van der Waals surface area contributed by atoms with E-state index in [9.17, 15) is 18.0 Å². The van der Waals surface area contributed by atoms with Gasteiger partial charge in [-0.1, -0.05) is 23.2 Å². The number of nitrogens with zero attached hydrogens (tertiary/aromatic N) is 1. The van der Waals surface area contributed by atoms with Crippen molar-refractivity contribution in [3.63, 3.8) is 0 Å². The van der Waals surface area contributed by atoms with Crippen LogP contribution in [0.25, 0.3) is 0 Å². The first kappa shape index (κ1) is 21.2. The minimum atomic E-state index is -3.88. The summed E-state index contributed by atoms with van der Waals surface area (Å²) in [6.45, 7) is 0.948. The van der Waals surface area contributed by atoms with E-state index in [4.69, 9.17) is 23.2 Å². The molecule has 0 bridgehead atoms. The molecule has 7 nitrogen and oxygen atoms in total. The number of hydrogen-bond acceptors (Lipinski definition) is 4. The Hall–Kier alpha value is -2.13. The van der Waals surface area contributed by atoms with E-state index in [-0.39, 0.29) is 10.8 Å². The molecule has 0 saturated carbocycles. The standard InChI is InChI=1S/C17H17Cl2N3O4S/c1-11(23)20-14-3-5-16(6-4-14)27(25,26)22(2)10-17(24)21-15-8-12(18)7-13(19)9-15/h3-9H,10H2,1-2H3,(H,20,23)(H,21,24). The minimum Gasteiger partial charge on any atom is -0.326 e. The molecular weight excluding hydrogens is 413 g/mol. The van der Waals surface area contributed by atoms with Gasteiger partial charge < -0.3 is 10.6 Å². The SMILES string of the molecule is CC(=O)Nc1ccc(S(=O)(=O)N(C)CC(=O)Nc2cc(Cl)cc(Cl)c2)cc1. The molecule has 0 aliphatic rings. The second kappa shape index (κ2) is 8.71. The van der Waals surface area contributed by atoms with Gasteiger partial charge in [-0.2, -0.15) is 4.31 Å². The van der Waals surface area contributed by atoms with Gasteiger partial charge in [-0.3, -0.25) is 9.59 Å². The minimum absolute atomic E-state index is 0.00213. The quantitative estimate of drug-likeness (QED) is 0.736. The first-order valence-corrected chi connectivity index (χ1v) is 9.87. The summed E-state index contributed by atoms with van der Waals surface area (Å²) in [6.07, 6.45) is 0. The van der Waals surface area contributed by atoms with E-state index < -0.39 is 22.5 Å². The van der Waals surface area contributed by atoms with E-state index >= 15 is 0 Å². The van der Waals surface area contributed by atoms with Gasteiger partial charge in [-0.05, 0) is 42.5 Å². The lowest BCUT2D eigenvalue weighted by Crippen LogP contribution is -2.35. The van der Waals surface area contributed by atoms with Gasteiger partial charge in [-0.25, -0.2) is 8.42 Å². The fourth-order valence-electron chi connectivity index (χ4n) is 2.21. The summed E-state index contributed by atoms with van der Waals surface area (Å²) in [6, 6.07) is 10.2. The number of carbonyl (C=O) groups excluding carboxylic acids is 2. The van der Waals surface area contributed by atoms with Crippen molar-refractivity contribution >= 4 is 56.4 Å². The van der Waals surface area contributed by atoms with Crippen molar-refractivity contribution in [1.29, 1.82) is 0 Å². The third-order valence-corrected chi connectivity index (χ3v) is 5.65. The molecule has 144 valence electrons. The van der Waals surface area contributed by atoms with Crippen molar-refractivity contribution in [2.75, 3.05) is 24.2 Å². The van der Waals surface area contributed by atoms with E-state index in [0.717, 1.165) is 4.31 Å². The summed E-state index contributed by atoms with van der Waals surface area (Å²) in [5.74, 6) is -0.810. The highest BCUT2D eigenvalue weighted by Gasteiger charge is 2.23. The molecule has 0 aliphatic carbocycles. The molecule has 2 amide bonds. The van der Waals surface area contributed by atoms with Crippen LogP contribution in [0.1, 0.15) is 6.92 Å². The zero-order valence-electron chi connectivity index (χ0n) is 14.5. The van der Waals surface area contributed by atoms with Crippen LogP contribution >= 0.6 is 23.2 Å². The number of anilines is 2. The lowest BCUT2D eigenvalue weighted by molar-refractivity contribution is -0.116. The van der Waals surface area contributed by atoms with Gasteiger partial charge in [0, 0.05) is 35.4 Å². The molecule has 10 heteroatoms. The number of carbonyl (C=O) groups is 2. The summed E-state index contributed by atoms with van der Waals surface area (Å²) in [4.78, 5) is 23.2. The third-order valence-electron chi connectivity index (χ3n) is 3.40. The van der Waals surface area contributed by atoms with E-state index in [1.165, 1.54) is 56.4 Å². The van der Waals surface area contributed by atoms with Gasteiger partial charge in [0.25, 0.3) is 0 Å². The Labute approximate surface area is 167 Å². The van der Waals surface area contributed by atoms with Crippen molar-refractivity contribution in [1.82, 2.24) is 4.31 Å². The number of sulfonamides is 1. The fraction of sp³-hybridized carbons (Fsp3) is 0.176. The van der Waals surface area contributed by atoms with Crippen molar-refractivity contribution in [2.45, 2.75) is 11.8 Å². The summed E-state index contributed by atoms with van der Waals surface area (Å²) in [5, 5.41) is 5.79. The number of benzene rings is 2. The van der Waals surface area contributed by atoms with Gasteiger partial charge in [0.2, 0.25) is 21.8 Å². The highest BCUT2D eigenvalue weighted by Crippen LogP contribution is 2.23. The average Bonchev–Trinajstić information content (AvgIpc) is 2.53. The van der Waals surface area contributed by atoms with Gasteiger partial charge in [0.1, 0.15) is 0 Å². The zero-order valence-corrected chi connectivity index (χ0v) is 16.8. The van der Waals surface area contributed by atoms with Gasteiger partial charge in [0.15, 0.2) is 0 Å². The van der Waals surface area contributed by atoms with Crippen molar-refractivity contribution in [3.8, 4) is 0 Å². The van der Waals surface area contributed by atoms with Crippen LogP contribution in [0.15, 0.2) is 47.4 Å². The molecule has 2 rings (SSSR count). The van der Waals surface area contributed by atoms with E-state index in [2.05, 4.69) is 10.6 Å². The Balaban J connectivity index is 2.07. The maximum absolute atomic E-state index is 12.6. The van der Waals surface area contributed by atoms with Gasteiger partial charge in [-0.15, -0.1) is 0 Å². The van der Waals surface area contributed by atoms with Crippen LogP contribution in [0, 0.1) is 0 Å². The number of likely N-dealkylation sites (N-methyl/N-ethyl adjacent to an activating group) is 1. The Bertz CT molecular complexity index is 942. The van der Waals surface area contributed by atoms with Crippen LogP contribution in [0.4, 0.5) is 11.4 Å². The van der Waals surface area contributed by atoms with Crippen molar-refractivity contribution in [3.05, 3.63) is 52.5 Å². The topological polar surface area (TPSA) is 95.6 Å². The molecule has 0 heterocycles. The summed E-state index contributed by atoms with van der Waals surface area (Å²) in [5.41, 5.74) is 0.836. The van der Waals surface area contributed by atoms with E-state index in [0.29, 0.717) is 21.4 Å². The van der Waals surface area contributed by atoms with Crippen molar-refractivity contribution < 1.29 is 18.0 Å². The molecule has 2 aromatic carbocycles. The van der Waals surface area contributed by atoms with Crippen LogP contribution in [-0.2, 0) is 19.6 Å². The summed E-state index contributed by atoms with van der Waals surface area (Å²) >= 11 is 11.7. The first-order valence-electron chi connectivity index (χ1n) is 7.68. The van der Waals surface area contributed by atoms with Crippen molar-refractivity contribution in [2.24, 2.45) is 0 Å². The Morgan fingerprint density at radius 1 is 0.963 bits per heavy atom. The number of rotatable bonds is 6. The average molecular weight is 430 g/mol. The van der Waals surface area contributed by atoms with Crippen LogP contribution in [-0.4, -0.2) is 38.1 Å². The predicted octanol–water partition coefficient (Wildman–Crippen LogP) is 3.21. The number of nitrogens with one attached hydrogen (secondary N) is 2. The normalized spacial score (nSPS) is 11.3. The largest absolute Gasteiger partial charge is 0.326 e. The predicted molar refractivity (Wildman–Crippen MR) is 106 cm³/mol. The number of halogens is 2. The third kappa shape index (κ3) is 5.93. The lowest BCUT2D eigenvalue weighted by Gasteiger charge is -2.17. The molecular formula is C17H17Cl2N3O4S. The lowest BCUT2D eigenvalue weighted by atomic mass is 10.3. The molecule has 0 unspecified atom stereocenters. The summed E-state index contributed by atoms with van der Waals surface area (Å²) < 4.78 is 26.1. The molecule has 0 radical (unpaired) electrons. The van der Waals surface area contributed by atoms with Crippen LogP contribution < -0.4 is 10.6 Å². The molecule has 0 aliphatic heterocycles. The molecule has 27 heavy (non-hydrogen) atoms. The molecule has 0 atom stereocenters. The smallest absolute Gasteiger partial charge is 0.243 e. The first-order chi connectivity index (χ1) is 12.6. The second-order valence-electron chi connectivity index (χ2n) is 5.67. The monoisotopic (exact) mass is 429 g/mol. The summed E-state index contributed by atoms with van der Waals surface area (Å²) in [7, 11) is -2.59. The number of hydrogen-bond donors (Lipinski definition) is 2. The highest BCUT2D eigenvalue weighted by molar-refractivity contribution is 7.89. The Morgan fingerprint density at radius 2 is 1.52 bits per heavy atom.